The molecule has 0 aromatic heterocycles. The molecule has 0 heterocycles. The van der Waals surface area contributed by atoms with Crippen LogP contribution in [0.25, 0.3) is 0 Å². The van der Waals surface area contributed by atoms with Crippen molar-refractivity contribution in [2.24, 2.45) is 5.92 Å². The molecular weight excluding hydrogens is 256 g/mol. The van der Waals surface area contributed by atoms with Crippen LogP contribution in [0.1, 0.15) is 40.5 Å². The first kappa shape index (κ1) is 16.3. The molecule has 0 aliphatic heterocycles. The molecule has 1 aromatic rings. The Morgan fingerprint density at radius 2 is 1.95 bits per heavy atom. The first-order valence-electron chi connectivity index (χ1n) is 7.11. The zero-order valence-electron chi connectivity index (χ0n) is 12.7. The molecule has 1 unspecified atom stereocenters. The van der Waals surface area contributed by atoms with Gasteiger partial charge in [-0.1, -0.05) is 13.8 Å². The topological polar surface area (TPSA) is 64.4 Å². The summed E-state index contributed by atoms with van der Waals surface area (Å²) in [6.07, 6.45) is 2.16. The summed E-state index contributed by atoms with van der Waals surface area (Å²) in [5.41, 5.74) is 0.786. The summed E-state index contributed by atoms with van der Waals surface area (Å²) >= 11 is 0. The van der Waals surface area contributed by atoms with Crippen molar-refractivity contribution < 1.29 is 9.66 Å². The smallest absolute Gasteiger partial charge is 0.275 e. The van der Waals surface area contributed by atoms with E-state index in [9.17, 15) is 10.1 Å². The lowest BCUT2D eigenvalue weighted by Gasteiger charge is -2.17. The second kappa shape index (κ2) is 7.72. The molecule has 20 heavy (non-hydrogen) atoms. The first-order valence-corrected chi connectivity index (χ1v) is 7.11. The van der Waals surface area contributed by atoms with Gasteiger partial charge in [0.1, 0.15) is 5.75 Å². The number of anilines is 1. The number of hydrogen-bond acceptors (Lipinski definition) is 4. The van der Waals surface area contributed by atoms with Crippen molar-refractivity contribution in [2.75, 3.05) is 11.9 Å². The van der Waals surface area contributed by atoms with Gasteiger partial charge in [-0.15, -0.1) is 0 Å². The number of nitro groups is 1. The minimum atomic E-state index is -0.396. The van der Waals surface area contributed by atoms with Gasteiger partial charge in [-0.3, -0.25) is 10.1 Å². The van der Waals surface area contributed by atoms with Gasteiger partial charge in [0.05, 0.1) is 17.6 Å². The van der Waals surface area contributed by atoms with Crippen molar-refractivity contribution in [3.8, 4) is 5.75 Å². The Labute approximate surface area is 120 Å². The lowest BCUT2D eigenvalue weighted by molar-refractivity contribution is -0.384. The predicted octanol–water partition coefficient (Wildman–Crippen LogP) is 4.23. The van der Waals surface area contributed by atoms with Crippen LogP contribution in [0.4, 0.5) is 11.4 Å². The molecule has 5 nitrogen and oxygen atoms in total. The monoisotopic (exact) mass is 280 g/mol. The maximum atomic E-state index is 10.9. The Balaban J connectivity index is 2.79. The summed E-state index contributed by atoms with van der Waals surface area (Å²) in [5.74, 6) is 1.18. The van der Waals surface area contributed by atoms with Crippen molar-refractivity contribution in [2.45, 2.75) is 46.6 Å². The summed E-state index contributed by atoms with van der Waals surface area (Å²) in [7, 11) is 0. The molecule has 0 saturated heterocycles. The van der Waals surface area contributed by atoms with E-state index in [0.717, 1.165) is 18.5 Å². The van der Waals surface area contributed by atoms with E-state index in [2.05, 4.69) is 26.1 Å². The second-order valence-corrected chi connectivity index (χ2v) is 5.42. The van der Waals surface area contributed by atoms with Crippen LogP contribution >= 0.6 is 0 Å². The van der Waals surface area contributed by atoms with Crippen LogP contribution in [0.3, 0.4) is 0 Å². The number of hydrogen-bond donors (Lipinski definition) is 1. The molecular formula is C15H24N2O3. The summed E-state index contributed by atoms with van der Waals surface area (Å²) in [5, 5.41) is 14.2. The molecule has 1 N–H and O–H groups in total. The van der Waals surface area contributed by atoms with E-state index in [1.165, 1.54) is 6.07 Å². The van der Waals surface area contributed by atoms with Gasteiger partial charge in [-0.25, -0.2) is 0 Å². The van der Waals surface area contributed by atoms with Crippen molar-refractivity contribution in [3.63, 3.8) is 0 Å². The van der Waals surface area contributed by atoms with Crippen LogP contribution in [-0.2, 0) is 0 Å². The number of non-ortho nitro benzene ring substituents is 1. The van der Waals surface area contributed by atoms with Gasteiger partial charge < -0.3 is 10.1 Å². The Bertz CT molecular complexity index is 447. The maximum Gasteiger partial charge on any atom is 0.275 e. The van der Waals surface area contributed by atoms with Crippen LogP contribution in [0.2, 0.25) is 0 Å². The Morgan fingerprint density at radius 1 is 1.25 bits per heavy atom. The molecule has 1 atom stereocenters. The third-order valence-electron chi connectivity index (χ3n) is 3.00. The SMILES string of the molecule is CCOc1cc(NC(C)CCC(C)C)cc([N+](=O)[O-])c1. The Kier molecular flexibility index (Phi) is 6.28. The van der Waals surface area contributed by atoms with Crippen LogP contribution in [-0.4, -0.2) is 17.6 Å². The summed E-state index contributed by atoms with van der Waals surface area (Å²) in [6.45, 7) is 8.81. The fraction of sp³-hybridized carbons (Fsp3) is 0.600. The molecule has 0 amide bonds. The highest BCUT2D eigenvalue weighted by atomic mass is 16.6. The van der Waals surface area contributed by atoms with Gasteiger partial charge in [0.15, 0.2) is 0 Å². The van der Waals surface area contributed by atoms with Crippen molar-refractivity contribution >= 4 is 11.4 Å². The number of rotatable bonds is 8. The van der Waals surface area contributed by atoms with E-state index in [0.29, 0.717) is 18.3 Å². The third kappa shape index (κ3) is 5.47. The van der Waals surface area contributed by atoms with E-state index in [-0.39, 0.29) is 11.7 Å². The fourth-order valence-electron chi connectivity index (χ4n) is 1.96. The molecule has 1 rings (SSSR count). The molecule has 0 fully saturated rings. The number of nitrogens with one attached hydrogen (secondary N) is 1. The quantitative estimate of drug-likeness (QED) is 0.571. The highest BCUT2D eigenvalue weighted by Crippen LogP contribution is 2.27. The van der Waals surface area contributed by atoms with Gasteiger partial charge in [0.25, 0.3) is 5.69 Å². The van der Waals surface area contributed by atoms with Gasteiger partial charge in [0, 0.05) is 23.9 Å². The van der Waals surface area contributed by atoms with E-state index >= 15 is 0 Å². The third-order valence-corrected chi connectivity index (χ3v) is 3.00. The Morgan fingerprint density at radius 3 is 2.50 bits per heavy atom. The van der Waals surface area contributed by atoms with Crippen molar-refractivity contribution in [3.05, 3.63) is 28.3 Å². The summed E-state index contributed by atoms with van der Waals surface area (Å²) in [4.78, 5) is 10.5. The average molecular weight is 280 g/mol. The van der Waals surface area contributed by atoms with Crippen molar-refractivity contribution in [1.29, 1.82) is 0 Å². The molecule has 0 bridgehead atoms. The van der Waals surface area contributed by atoms with E-state index in [1.807, 2.05) is 13.0 Å². The van der Waals surface area contributed by atoms with Gasteiger partial charge in [-0.2, -0.15) is 0 Å². The molecule has 1 aromatic carbocycles. The highest BCUT2D eigenvalue weighted by Gasteiger charge is 2.12. The lowest BCUT2D eigenvalue weighted by atomic mass is 10.0. The van der Waals surface area contributed by atoms with E-state index < -0.39 is 4.92 Å². The van der Waals surface area contributed by atoms with Gasteiger partial charge in [-0.05, 0) is 32.6 Å². The van der Waals surface area contributed by atoms with Crippen LogP contribution in [0.15, 0.2) is 18.2 Å². The molecule has 0 spiro atoms. The normalized spacial score (nSPS) is 12.2. The lowest BCUT2D eigenvalue weighted by Crippen LogP contribution is -2.16. The molecule has 0 radical (unpaired) electrons. The standard InChI is InChI=1S/C15H24N2O3/c1-5-20-15-9-13(8-14(10-15)17(18)19)16-12(4)7-6-11(2)3/h8-12,16H,5-7H2,1-4H3. The van der Waals surface area contributed by atoms with Crippen LogP contribution < -0.4 is 10.1 Å². The number of ether oxygens (including phenoxy) is 1. The minimum absolute atomic E-state index is 0.0505. The van der Waals surface area contributed by atoms with Gasteiger partial charge >= 0.3 is 0 Å². The largest absolute Gasteiger partial charge is 0.494 e. The first-order chi connectivity index (χ1) is 9.42. The number of benzene rings is 1. The number of nitro benzene ring substituents is 1. The predicted molar refractivity (Wildman–Crippen MR) is 81.4 cm³/mol. The van der Waals surface area contributed by atoms with Crippen LogP contribution in [0, 0.1) is 16.0 Å². The molecule has 5 heteroatoms. The molecule has 112 valence electrons. The maximum absolute atomic E-state index is 10.9. The number of nitrogens with zero attached hydrogens (tertiary/aromatic N) is 1. The van der Waals surface area contributed by atoms with Crippen LogP contribution in [0.5, 0.6) is 5.75 Å². The average Bonchev–Trinajstić information content (AvgIpc) is 2.36. The van der Waals surface area contributed by atoms with E-state index in [4.69, 9.17) is 4.74 Å². The van der Waals surface area contributed by atoms with E-state index in [1.54, 1.807) is 6.07 Å². The summed E-state index contributed by atoms with van der Waals surface area (Å²) in [6, 6.07) is 5.08. The molecule has 0 aliphatic rings. The van der Waals surface area contributed by atoms with Gasteiger partial charge in [0.2, 0.25) is 0 Å². The highest BCUT2D eigenvalue weighted by molar-refractivity contribution is 5.56. The molecule has 0 aliphatic carbocycles. The zero-order valence-corrected chi connectivity index (χ0v) is 12.7. The van der Waals surface area contributed by atoms with Crippen molar-refractivity contribution in [1.82, 2.24) is 0 Å². The minimum Gasteiger partial charge on any atom is -0.494 e. The summed E-state index contributed by atoms with van der Waals surface area (Å²) < 4.78 is 5.37. The second-order valence-electron chi connectivity index (χ2n) is 5.42. The zero-order chi connectivity index (χ0) is 15.1. The Hall–Kier alpha value is -1.78. The fourth-order valence-corrected chi connectivity index (χ4v) is 1.96. The molecule has 0 saturated carbocycles.